The molecule has 32 heavy (non-hydrogen) atoms. The van der Waals surface area contributed by atoms with Crippen molar-refractivity contribution in [3.05, 3.63) is 0 Å². The van der Waals surface area contributed by atoms with Gasteiger partial charge in [-0.2, -0.15) is 0 Å². The summed E-state index contributed by atoms with van der Waals surface area (Å²) >= 11 is 0. The highest BCUT2D eigenvalue weighted by Gasteiger charge is 2.00. The summed E-state index contributed by atoms with van der Waals surface area (Å²) in [4.78, 5) is 0. The SMILES string of the molecule is CCCCCCCCCCCCCCCCCCCCCCCCCCCC(N)CCN. The molecule has 0 fully saturated rings. The lowest BCUT2D eigenvalue weighted by molar-refractivity contribution is 0.502. The first-order valence-electron chi connectivity index (χ1n) is 15.3. The Hall–Kier alpha value is -0.0800. The van der Waals surface area contributed by atoms with Crippen molar-refractivity contribution >= 4 is 0 Å². The lowest BCUT2D eigenvalue weighted by Crippen LogP contribution is -2.23. The highest BCUT2D eigenvalue weighted by atomic mass is 14.6. The van der Waals surface area contributed by atoms with Crippen LogP contribution in [0.1, 0.15) is 180 Å². The lowest BCUT2D eigenvalue weighted by Gasteiger charge is -2.09. The highest BCUT2D eigenvalue weighted by Crippen LogP contribution is 2.16. The van der Waals surface area contributed by atoms with Crippen LogP contribution in [0.25, 0.3) is 0 Å². The Morgan fingerprint density at radius 3 is 0.875 bits per heavy atom. The van der Waals surface area contributed by atoms with Crippen LogP contribution in [0.15, 0.2) is 0 Å². The Balaban J connectivity index is 3.02. The third-order valence-electron chi connectivity index (χ3n) is 7.22. The molecule has 0 spiro atoms. The molecule has 194 valence electrons. The van der Waals surface area contributed by atoms with Gasteiger partial charge in [-0.15, -0.1) is 0 Å². The summed E-state index contributed by atoms with van der Waals surface area (Å²) in [6.07, 6.45) is 38.4. The molecule has 2 heteroatoms. The molecule has 0 aromatic rings. The molecule has 0 amide bonds. The van der Waals surface area contributed by atoms with Crippen molar-refractivity contribution in [2.24, 2.45) is 11.5 Å². The maximum absolute atomic E-state index is 6.00. The molecule has 0 heterocycles. The van der Waals surface area contributed by atoms with Crippen molar-refractivity contribution in [3.8, 4) is 0 Å². The van der Waals surface area contributed by atoms with Gasteiger partial charge in [-0.3, -0.25) is 0 Å². The predicted octanol–water partition coefficient (Wildman–Crippen LogP) is 9.83. The quantitative estimate of drug-likeness (QED) is 0.116. The van der Waals surface area contributed by atoms with Gasteiger partial charge in [0.2, 0.25) is 0 Å². The van der Waals surface area contributed by atoms with Crippen molar-refractivity contribution in [2.75, 3.05) is 6.54 Å². The largest absolute Gasteiger partial charge is 0.330 e. The fourth-order valence-corrected chi connectivity index (χ4v) is 4.90. The molecule has 0 rings (SSSR count). The van der Waals surface area contributed by atoms with Gasteiger partial charge in [0.25, 0.3) is 0 Å². The van der Waals surface area contributed by atoms with E-state index in [9.17, 15) is 0 Å². The second-order valence-electron chi connectivity index (χ2n) is 10.6. The average molecular weight is 453 g/mol. The third kappa shape index (κ3) is 28.0. The molecule has 0 saturated carbocycles. The van der Waals surface area contributed by atoms with Crippen molar-refractivity contribution in [1.82, 2.24) is 0 Å². The molecular formula is C30H64N2. The molecule has 0 saturated heterocycles. The van der Waals surface area contributed by atoms with E-state index in [1.807, 2.05) is 0 Å². The molecule has 0 aromatic carbocycles. The van der Waals surface area contributed by atoms with Crippen molar-refractivity contribution in [2.45, 2.75) is 186 Å². The van der Waals surface area contributed by atoms with Gasteiger partial charge < -0.3 is 11.5 Å². The smallest absolute Gasteiger partial charge is 0.00508 e. The molecule has 0 radical (unpaired) electrons. The van der Waals surface area contributed by atoms with E-state index in [0.29, 0.717) is 6.04 Å². The molecule has 0 aliphatic carbocycles. The molecule has 1 unspecified atom stereocenters. The highest BCUT2D eigenvalue weighted by molar-refractivity contribution is 4.61. The summed E-state index contributed by atoms with van der Waals surface area (Å²) in [5.41, 5.74) is 11.5. The van der Waals surface area contributed by atoms with Crippen molar-refractivity contribution in [3.63, 3.8) is 0 Å². The Morgan fingerprint density at radius 1 is 0.375 bits per heavy atom. The number of unbranched alkanes of at least 4 members (excludes halogenated alkanes) is 24. The normalized spacial score (nSPS) is 12.5. The van der Waals surface area contributed by atoms with Gasteiger partial charge in [-0.05, 0) is 19.4 Å². The van der Waals surface area contributed by atoms with Crippen LogP contribution >= 0.6 is 0 Å². The first-order chi connectivity index (χ1) is 15.8. The average Bonchev–Trinajstić information content (AvgIpc) is 2.79. The monoisotopic (exact) mass is 453 g/mol. The second-order valence-corrected chi connectivity index (χ2v) is 10.6. The van der Waals surface area contributed by atoms with Crippen LogP contribution in [0.3, 0.4) is 0 Å². The van der Waals surface area contributed by atoms with Crippen LogP contribution in [0.5, 0.6) is 0 Å². The van der Waals surface area contributed by atoms with Crippen LogP contribution in [0, 0.1) is 0 Å². The maximum Gasteiger partial charge on any atom is 0.00508 e. The van der Waals surface area contributed by atoms with Gasteiger partial charge in [0.15, 0.2) is 0 Å². The molecule has 4 N–H and O–H groups in total. The Labute approximate surface area is 204 Å². The van der Waals surface area contributed by atoms with Crippen LogP contribution < -0.4 is 11.5 Å². The zero-order valence-corrected chi connectivity index (χ0v) is 22.5. The minimum atomic E-state index is 0.338. The molecule has 0 bridgehead atoms. The van der Waals surface area contributed by atoms with Crippen LogP contribution in [-0.2, 0) is 0 Å². The van der Waals surface area contributed by atoms with Crippen LogP contribution in [0.2, 0.25) is 0 Å². The van der Waals surface area contributed by atoms with E-state index in [-0.39, 0.29) is 0 Å². The fourth-order valence-electron chi connectivity index (χ4n) is 4.90. The molecule has 0 aromatic heterocycles. The van der Waals surface area contributed by atoms with Crippen LogP contribution in [-0.4, -0.2) is 12.6 Å². The van der Waals surface area contributed by atoms with Gasteiger partial charge in [-0.25, -0.2) is 0 Å². The van der Waals surface area contributed by atoms with E-state index in [1.54, 1.807) is 0 Å². The molecule has 0 aliphatic rings. The minimum Gasteiger partial charge on any atom is -0.330 e. The first kappa shape index (κ1) is 31.9. The fraction of sp³-hybridized carbons (Fsp3) is 1.00. The maximum atomic E-state index is 6.00. The summed E-state index contributed by atoms with van der Waals surface area (Å²) in [5, 5.41) is 0. The first-order valence-corrected chi connectivity index (χ1v) is 15.3. The van der Waals surface area contributed by atoms with E-state index in [1.165, 1.54) is 161 Å². The summed E-state index contributed by atoms with van der Waals surface area (Å²) < 4.78 is 0. The second kappa shape index (κ2) is 29.0. The summed E-state index contributed by atoms with van der Waals surface area (Å²) in [6.45, 7) is 3.04. The van der Waals surface area contributed by atoms with E-state index in [2.05, 4.69) is 6.92 Å². The molecular weight excluding hydrogens is 388 g/mol. The topological polar surface area (TPSA) is 52.0 Å². The summed E-state index contributed by atoms with van der Waals surface area (Å²) in [6, 6.07) is 0.338. The van der Waals surface area contributed by atoms with Gasteiger partial charge in [-0.1, -0.05) is 167 Å². The Bertz CT molecular complexity index is 318. The zero-order chi connectivity index (χ0) is 23.4. The van der Waals surface area contributed by atoms with E-state index >= 15 is 0 Å². The minimum absolute atomic E-state index is 0.338. The van der Waals surface area contributed by atoms with E-state index in [4.69, 9.17) is 11.5 Å². The third-order valence-corrected chi connectivity index (χ3v) is 7.22. The van der Waals surface area contributed by atoms with Gasteiger partial charge in [0.1, 0.15) is 0 Å². The van der Waals surface area contributed by atoms with Crippen molar-refractivity contribution in [1.29, 1.82) is 0 Å². The lowest BCUT2D eigenvalue weighted by atomic mass is 10.0. The Kier molecular flexibility index (Phi) is 28.9. The van der Waals surface area contributed by atoms with E-state index in [0.717, 1.165) is 19.4 Å². The predicted molar refractivity (Wildman–Crippen MR) is 147 cm³/mol. The molecule has 1 atom stereocenters. The molecule has 0 aliphatic heterocycles. The number of rotatable bonds is 28. The number of hydrogen-bond acceptors (Lipinski definition) is 2. The number of nitrogens with two attached hydrogens (primary N) is 2. The van der Waals surface area contributed by atoms with Crippen LogP contribution in [0.4, 0.5) is 0 Å². The summed E-state index contributed by atoms with van der Waals surface area (Å²) in [7, 11) is 0. The van der Waals surface area contributed by atoms with Gasteiger partial charge >= 0.3 is 0 Å². The number of hydrogen-bond donors (Lipinski definition) is 2. The molecule has 2 nitrogen and oxygen atoms in total. The van der Waals surface area contributed by atoms with Gasteiger partial charge in [0.05, 0.1) is 0 Å². The zero-order valence-electron chi connectivity index (χ0n) is 22.5. The van der Waals surface area contributed by atoms with Gasteiger partial charge in [0, 0.05) is 6.04 Å². The standard InChI is InChI=1S/C30H64N2/c1-2-3-4-5-6-7-8-9-10-11-12-13-14-15-16-17-18-19-20-21-22-23-24-25-26-27-30(32)28-29-31/h30H,2-29,31-32H2,1H3. The van der Waals surface area contributed by atoms with Crippen molar-refractivity contribution < 1.29 is 0 Å². The Morgan fingerprint density at radius 2 is 0.625 bits per heavy atom. The summed E-state index contributed by atoms with van der Waals surface area (Å²) in [5.74, 6) is 0. The van der Waals surface area contributed by atoms with E-state index < -0.39 is 0 Å².